The van der Waals surface area contributed by atoms with E-state index < -0.39 is 0 Å². The maximum atomic E-state index is 6.33. The highest BCUT2D eigenvalue weighted by Gasteiger charge is 2.14. The van der Waals surface area contributed by atoms with E-state index in [-0.39, 0.29) is 0 Å². The van der Waals surface area contributed by atoms with E-state index in [0.29, 0.717) is 5.02 Å². The molecule has 0 bridgehead atoms. The number of anilines is 1. The lowest BCUT2D eigenvalue weighted by molar-refractivity contribution is 1.32. The third-order valence-electron chi connectivity index (χ3n) is 3.64. The first kappa shape index (κ1) is 12.9. The van der Waals surface area contributed by atoms with Gasteiger partial charge >= 0.3 is 0 Å². The molecule has 100 valence electrons. The van der Waals surface area contributed by atoms with Crippen molar-refractivity contribution in [2.45, 2.75) is 13.8 Å². The second-order valence-electron chi connectivity index (χ2n) is 4.95. The Morgan fingerprint density at radius 2 is 1.70 bits per heavy atom. The summed E-state index contributed by atoms with van der Waals surface area (Å²) < 4.78 is 0. The minimum atomic E-state index is 0.634. The van der Waals surface area contributed by atoms with Gasteiger partial charge in [-0.05, 0) is 31.0 Å². The number of nitrogen functional groups attached to an aromatic ring is 1. The summed E-state index contributed by atoms with van der Waals surface area (Å²) in [7, 11) is 0. The van der Waals surface area contributed by atoms with Gasteiger partial charge < -0.3 is 5.73 Å². The predicted octanol–water partition coefficient (Wildman–Crippen LogP) is 4.75. The summed E-state index contributed by atoms with van der Waals surface area (Å²) in [6, 6.07) is 13.9. The first-order valence-electron chi connectivity index (χ1n) is 6.50. The molecule has 0 aliphatic carbocycles. The molecule has 0 aliphatic heterocycles. The highest BCUT2D eigenvalue weighted by molar-refractivity contribution is 6.35. The quantitative estimate of drug-likeness (QED) is 0.699. The summed E-state index contributed by atoms with van der Waals surface area (Å²) in [4.78, 5) is 4.75. The topological polar surface area (TPSA) is 38.9 Å². The molecular formula is C17H15ClN2. The molecule has 0 atom stereocenters. The number of rotatable bonds is 1. The van der Waals surface area contributed by atoms with E-state index in [4.69, 9.17) is 22.3 Å². The van der Waals surface area contributed by atoms with Crippen molar-refractivity contribution in [3.05, 3.63) is 58.6 Å². The van der Waals surface area contributed by atoms with E-state index in [1.54, 1.807) is 0 Å². The molecule has 1 heterocycles. The second kappa shape index (κ2) is 4.80. The number of aryl methyl sites for hydroxylation is 1. The molecule has 0 saturated heterocycles. The number of hydrogen-bond acceptors (Lipinski definition) is 2. The summed E-state index contributed by atoms with van der Waals surface area (Å²) in [5.74, 6) is 0. The molecule has 3 rings (SSSR count). The van der Waals surface area contributed by atoms with Crippen LogP contribution in [0.25, 0.3) is 22.2 Å². The van der Waals surface area contributed by atoms with Gasteiger partial charge in [-0.15, -0.1) is 0 Å². The van der Waals surface area contributed by atoms with Crippen molar-refractivity contribution >= 4 is 28.2 Å². The molecule has 2 nitrogen and oxygen atoms in total. The molecular weight excluding hydrogens is 268 g/mol. The number of aromatic nitrogens is 1. The average molecular weight is 283 g/mol. The monoisotopic (exact) mass is 282 g/mol. The van der Waals surface area contributed by atoms with Crippen molar-refractivity contribution < 1.29 is 0 Å². The van der Waals surface area contributed by atoms with Crippen LogP contribution >= 0.6 is 11.6 Å². The average Bonchev–Trinajstić information content (AvgIpc) is 2.47. The third-order valence-corrected chi connectivity index (χ3v) is 3.94. The maximum Gasteiger partial charge on any atom is 0.0919 e. The van der Waals surface area contributed by atoms with Crippen LogP contribution in [0.3, 0.4) is 0 Å². The van der Waals surface area contributed by atoms with Crippen LogP contribution in [0.4, 0.5) is 5.69 Å². The van der Waals surface area contributed by atoms with Crippen molar-refractivity contribution in [2.75, 3.05) is 5.73 Å². The summed E-state index contributed by atoms with van der Waals surface area (Å²) >= 11 is 6.29. The van der Waals surface area contributed by atoms with E-state index in [9.17, 15) is 0 Å². The maximum absolute atomic E-state index is 6.33. The van der Waals surface area contributed by atoms with Gasteiger partial charge in [-0.2, -0.15) is 0 Å². The zero-order valence-electron chi connectivity index (χ0n) is 11.4. The van der Waals surface area contributed by atoms with E-state index in [2.05, 4.69) is 0 Å². The molecule has 0 saturated carbocycles. The zero-order chi connectivity index (χ0) is 14.3. The molecule has 0 fully saturated rings. The Kier molecular flexibility index (Phi) is 3.11. The van der Waals surface area contributed by atoms with Gasteiger partial charge in [0.05, 0.1) is 16.2 Å². The Morgan fingerprint density at radius 3 is 2.40 bits per heavy atom. The lowest BCUT2D eigenvalue weighted by Crippen LogP contribution is -1.99. The number of benzene rings is 2. The number of pyridine rings is 1. The Hall–Kier alpha value is -2.06. The Morgan fingerprint density at radius 1 is 1.00 bits per heavy atom. The van der Waals surface area contributed by atoms with Crippen LogP contribution in [0.2, 0.25) is 5.02 Å². The van der Waals surface area contributed by atoms with Crippen LogP contribution in [0.1, 0.15) is 11.1 Å². The highest BCUT2D eigenvalue weighted by atomic mass is 35.5. The van der Waals surface area contributed by atoms with Crippen molar-refractivity contribution in [2.24, 2.45) is 0 Å². The lowest BCUT2D eigenvalue weighted by atomic mass is 10.00. The molecule has 0 unspecified atom stereocenters. The third kappa shape index (κ3) is 1.93. The summed E-state index contributed by atoms with van der Waals surface area (Å²) in [5.41, 5.74) is 11.9. The minimum absolute atomic E-state index is 0.634. The van der Waals surface area contributed by atoms with E-state index in [0.717, 1.165) is 39.0 Å². The van der Waals surface area contributed by atoms with Gasteiger partial charge in [0.25, 0.3) is 0 Å². The van der Waals surface area contributed by atoms with E-state index in [1.807, 2.05) is 56.3 Å². The van der Waals surface area contributed by atoms with Crippen LogP contribution < -0.4 is 5.73 Å². The molecule has 2 aromatic carbocycles. The van der Waals surface area contributed by atoms with Gasteiger partial charge in [0.2, 0.25) is 0 Å². The molecule has 0 aliphatic rings. The fraction of sp³-hybridized carbons (Fsp3) is 0.118. The first-order chi connectivity index (χ1) is 9.59. The second-order valence-corrected chi connectivity index (χ2v) is 5.36. The summed E-state index contributed by atoms with van der Waals surface area (Å²) in [6.07, 6.45) is 0. The van der Waals surface area contributed by atoms with Crippen LogP contribution in [0.15, 0.2) is 42.5 Å². The van der Waals surface area contributed by atoms with Crippen LogP contribution in [-0.2, 0) is 0 Å². The molecule has 20 heavy (non-hydrogen) atoms. The van der Waals surface area contributed by atoms with Gasteiger partial charge in [-0.25, -0.2) is 4.98 Å². The molecule has 1 aromatic heterocycles. The fourth-order valence-corrected chi connectivity index (χ4v) is 2.70. The van der Waals surface area contributed by atoms with Crippen molar-refractivity contribution in [3.63, 3.8) is 0 Å². The van der Waals surface area contributed by atoms with Gasteiger partial charge in [0.1, 0.15) is 0 Å². The van der Waals surface area contributed by atoms with Gasteiger partial charge in [0, 0.05) is 16.6 Å². The smallest absolute Gasteiger partial charge is 0.0919 e. The summed E-state index contributed by atoms with van der Waals surface area (Å²) in [5, 5.41) is 1.59. The van der Waals surface area contributed by atoms with Crippen LogP contribution in [0, 0.1) is 13.8 Å². The SMILES string of the molecule is Cc1c(-c2ccccc2)nc2c(Cl)ccc(C)c2c1N. The van der Waals surface area contributed by atoms with E-state index >= 15 is 0 Å². The zero-order valence-corrected chi connectivity index (χ0v) is 12.2. The van der Waals surface area contributed by atoms with E-state index in [1.165, 1.54) is 0 Å². The van der Waals surface area contributed by atoms with Crippen molar-refractivity contribution in [3.8, 4) is 11.3 Å². The number of nitrogens with two attached hydrogens (primary N) is 1. The lowest BCUT2D eigenvalue weighted by Gasteiger charge is -2.14. The summed E-state index contributed by atoms with van der Waals surface area (Å²) in [6.45, 7) is 4.03. The highest BCUT2D eigenvalue weighted by Crippen LogP contribution is 2.35. The van der Waals surface area contributed by atoms with Gasteiger partial charge in [0.15, 0.2) is 0 Å². The molecule has 2 N–H and O–H groups in total. The normalized spacial score (nSPS) is 10.9. The molecule has 0 spiro atoms. The fourth-order valence-electron chi connectivity index (χ4n) is 2.50. The first-order valence-corrected chi connectivity index (χ1v) is 6.87. The molecule has 0 amide bonds. The number of fused-ring (bicyclic) bond motifs is 1. The van der Waals surface area contributed by atoms with Gasteiger partial charge in [-0.3, -0.25) is 0 Å². The van der Waals surface area contributed by atoms with Crippen molar-refractivity contribution in [1.29, 1.82) is 0 Å². The van der Waals surface area contributed by atoms with Crippen molar-refractivity contribution in [1.82, 2.24) is 4.98 Å². The Bertz CT molecular complexity index is 795. The Balaban J connectivity index is 2.42. The molecule has 3 aromatic rings. The number of hydrogen-bond donors (Lipinski definition) is 1. The largest absolute Gasteiger partial charge is 0.398 e. The number of halogens is 1. The van der Waals surface area contributed by atoms with Gasteiger partial charge in [-0.1, -0.05) is 48.0 Å². The Labute approximate surface area is 123 Å². The minimum Gasteiger partial charge on any atom is -0.398 e. The predicted molar refractivity (Wildman–Crippen MR) is 86.1 cm³/mol. The molecule has 3 heteroatoms. The molecule has 0 radical (unpaired) electrons. The van der Waals surface area contributed by atoms with Crippen LogP contribution in [-0.4, -0.2) is 4.98 Å². The number of nitrogens with zero attached hydrogens (tertiary/aromatic N) is 1. The standard InChI is InChI=1S/C17H15ClN2/c1-10-8-9-13(18)17-14(10)15(19)11(2)16(20-17)12-6-4-3-5-7-12/h3-9H,1-2H3,(H2,19,20). The van der Waals surface area contributed by atoms with Crippen LogP contribution in [0.5, 0.6) is 0 Å².